The molecule has 0 bridgehead atoms. The van der Waals surface area contributed by atoms with Crippen LogP contribution in [0.15, 0.2) is 24.3 Å². The van der Waals surface area contributed by atoms with E-state index in [1.54, 1.807) is 9.80 Å². The number of urea groups is 1. The molecule has 0 unspecified atom stereocenters. The van der Waals surface area contributed by atoms with E-state index in [-0.39, 0.29) is 23.4 Å². The van der Waals surface area contributed by atoms with Crippen molar-refractivity contribution in [2.45, 2.75) is 13.3 Å². The van der Waals surface area contributed by atoms with Crippen molar-refractivity contribution in [2.24, 2.45) is 5.92 Å². The molecule has 1 N–H and O–H groups in total. The Hall–Kier alpha value is -2.09. The third-order valence-corrected chi connectivity index (χ3v) is 6.50. The molecule has 0 aliphatic carbocycles. The lowest BCUT2D eigenvalue weighted by atomic mass is 10.1. The Morgan fingerprint density at radius 3 is 2.40 bits per heavy atom. The van der Waals surface area contributed by atoms with Gasteiger partial charge in [0.25, 0.3) is 0 Å². The van der Waals surface area contributed by atoms with Crippen molar-refractivity contribution >= 4 is 27.5 Å². The summed E-state index contributed by atoms with van der Waals surface area (Å²) < 4.78 is 23.1. The van der Waals surface area contributed by atoms with Crippen LogP contribution < -0.4 is 5.32 Å². The Labute approximate surface area is 147 Å². The maximum Gasteiger partial charge on any atom is 0.321 e. The number of nitrogens with zero attached hydrogens (tertiary/aromatic N) is 2. The SMILES string of the molecule is Cc1cccc(NC(=O)N2CCN(C(=O)[C@H]3CCS(=O)(=O)C3)CC2)c1. The van der Waals surface area contributed by atoms with Crippen molar-refractivity contribution in [1.29, 1.82) is 0 Å². The lowest BCUT2D eigenvalue weighted by Gasteiger charge is -2.35. The van der Waals surface area contributed by atoms with Crippen molar-refractivity contribution in [2.75, 3.05) is 43.0 Å². The number of nitrogens with one attached hydrogen (secondary N) is 1. The molecule has 1 aromatic carbocycles. The van der Waals surface area contributed by atoms with Gasteiger partial charge in [-0.1, -0.05) is 12.1 Å². The second-order valence-electron chi connectivity index (χ2n) is 6.71. The Kier molecular flexibility index (Phi) is 4.99. The number of aryl methyl sites for hydroxylation is 1. The Morgan fingerprint density at radius 1 is 1.12 bits per heavy atom. The molecule has 2 saturated heterocycles. The molecule has 3 amide bonds. The molecule has 2 aliphatic rings. The molecule has 1 aromatic rings. The summed E-state index contributed by atoms with van der Waals surface area (Å²) in [5.74, 6) is -0.459. The van der Waals surface area contributed by atoms with Crippen LogP contribution in [0.1, 0.15) is 12.0 Å². The van der Waals surface area contributed by atoms with Crippen LogP contribution in [0.3, 0.4) is 0 Å². The topological polar surface area (TPSA) is 86.8 Å². The van der Waals surface area contributed by atoms with Gasteiger partial charge in [-0.2, -0.15) is 0 Å². The van der Waals surface area contributed by atoms with E-state index < -0.39 is 15.8 Å². The van der Waals surface area contributed by atoms with E-state index in [4.69, 9.17) is 0 Å². The molecule has 0 spiro atoms. The first kappa shape index (κ1) is 17.7. The molecule has 0 saturated carbocycles. The minimum absolute atomic E-state index is 0.0418. The van der Waals surface area contributed by atoms with Gasteiger partial charge in [0.15, 0.2) is 9.84 Å². The number of carbonyl (C=O) groups excluding carboxylic acids is 2. The van der Waals surface area contributed by atoms with Crippen LogP contribution in [0, 0.1) is 12.8 Å². The smallest absolute Gasteiger partial charge is 0.321 e. The molecule has 1 atom stereocenters. The van der Waals surface area contributed by atoms with Gasteiger partial charge in [-0.15, -0.1) is 0 Å². The second kappa shape index (κ2) is 7.03. The zero-order valence-electron chi connectivity index (χ0n) is 14.3. The largest absolute Gasteiger partial charge is 0.339 e. The van der Waals surface area contributed by atoms with Gasteiger partial charge in [-0.25, -0.2) is 13.2 Å². The van der Waals surface area contributed by atoms with Crippen LogP contribution in [-0.2, 0) is 14.6 Å². The molecule has 0 aromatic heterocycles. The van der Waals surface area contributed by atoms with Gasteiger partial charge in [-0.3, -0.25) is 4.79 Å². The van der Waals surface area contributed by atoms with Gasteiger partial charge in [0.1, 0.15) is 0 Å². The van der Waals surface area contributed by atoms with Crippen molar-refractivity contribution in [3.8, 4) is 0 Å². The summed E-state index contributed by atoms with van der Waals surface area (Å²) in [6.45, 7) is 3.74. The van der Waals surface area contributed by atoms with Crippen LogP contribution in [0.5, 0.6) is 0 Å². The standard InChI is InChI=1S/C17H23N3O4S/c1-13-3-2-4-15(11-13)18-17(22)20-8-6-19(7-9-20)16(21)14-5-10-25(23,24)12-14/h2-4,11,14H,5-10,12H2,1H3,(H,18,22)/t14-/m0/s1. The number of sulfone groups is 1. The summed E-state index contributed by atoms with van der Waals surface area (Å²) in [6, 6.07) is 7.41. The molecule has 2 heterocycles. The Balaban J connectivity index is 1.51. The maximum atomic E-state index is 12.4. The van der Waals surface area contributed by atoms with Crippen LogP contribution in [0.2, 0.25) is 0 Å². The summed E-state index contributed by atoms with van der Waals surface area (Å²) in [4.78, 5) is 28.1. The maximum absolute atomic E-state index is 12.4. The summed E-state index contributed by atoms with van der Waals surface area (Å²) in [7, 11) is -3.06. The van der Waals surface area contributed by atoms with Crippen LogP contribution in [0.4, 0.5) is 10.5 Å². The van der Waals surface area contributed by atoms with Gasteiger partial charge in [-0.05, 0) is 31.0 Å². The third kappa shape index (κ3) is 4.31. The summed E-state index contributed by atoms with van der Waals surface area (Å²) in [5, 5.41) is 2.87. The zero-order valence-corrected chi connectivity index (χ0v) is 15.1. The molecular formula is C17H23N3O4S. The summed E-state index contributed by atoms with van der Waals surface area (Å²) in [5.41, 5.74) is 1.82. The molecule has 2 aliphatic heterocycles. The Bertz CT molecular complexity index is 770. The highest BCUT2D eigenvalue weighted by atomic mass is 32.2. The molecular weight excluding hydrogens is 342 g/mol. The van der Waals surface area contributed by atoms with Crippen molar-refractivity contribution in [1.82, 2.24) is 9.80 Å². The minimum atomic E-state index is -3.06. The van der Waals surface area contributed by atoms with E-state index in [0.29, 0.717) is 32.6 Å². The number of carbonyl (C=O) groups is 2. The zero-order chi connectivity index (χ0) is 18.0. The molecule has 0 radical (unpaired) electrons. The highest BCUT2D eigenvalue weighted by Crippen LogP contribution is 2.21. The van der Waals surface area contributed by atoms with Crippen molar-refractivity contribution < 1.29 is 18.0 Å². The normalized spacial score (nSPS) is 22.7. The van der Waals surface area contributed by atoms with E-state index >= 15 is 0 Å². The molecule has 2 fully saturated rings. The van der Waals surface area contributed by atoms with Gasteiger partial charge in [0.05, 0.1) is 17.4 Å². The van der Waals surface area contributed by atoms with E-state index in [2.05, 4.69) is 5.32 Å². The second-order valence-corrected chi connectivity index (χ2v) is 8.94. The number of hydrogen-bond donors (Lipinski definition) is 1. The number of anilines is 1. The van der Waals surface area contributed by atoms with Crippen molar-refractivity contribution in [3.05, 3.63) is 29.8 Å². The number of rotatable bonds is 2. The fourth-order valence-electron chi connectivity index (χ4n) is 3.30. The molecule has 7 nitrogen and oxygen atoms in total. The van der Waals surface area contributed by atoms with E-state index in [0.717, 1.165) is 11.3 Å². The summed E-state index contributed by atoms with van der Waals surface area (Å²) >= 11 is 0. The van der Waals surface area contributed by atoms with Crippen LogP contribution in [-0.4, -0.2) is 67.8 Å². The molecule has 25 heavy (non-hydrogen) atoms. The summed E-state index contributed by atoms with van der Waals surface area (Å²) in [6.07, 6.45) is 0.412. The molecule has 3 rings (SSSR count). The van der Waals surface area contributed by atoms with Gasteiger partial charge in [0, 0.05) is 31.9 Å². The number of piperazine rings is 1. The van der Waals surface area contributed by atoms with Gasteiger partial charge < -0.3 is 15.1 Å². The lowest BCUT2D eigenvalue weighted by Crippen LogP contribution is -2.53. The minimum Gasteiger partial charge on any atom is -0.339 e. The van der Waals surface area contributed by atoms with E-state index in [9.17, 15) is 18.0 Å². The fraction of sp³-hybridized carbons (Fsp3) is 0.529. The van der Waals surface area contributed by atoms with Crippen molar-refractivity contribution in [3.63, 3.8) is 0 Å². The monoisotopic (exact) mass is 365 g/mol. The first-order chi connectivity index (χ1) is 11.8. The quantitative estimate of drug-likeness (QED) is 0.850. The highest BCUT2D eigenvalue weighted by molar-refractivity contribution is 7.91. The predicted octanol–water partition coefficient (Wildman–Crippen LogP) is 1.11. The third-order valence-electron chi connectivity index (χ3n) is 4.73. The van der Waals surface area contributed by atoms with E-state index in [1.807, 2.05) is 31.2 Å². The Morgan fingerprint density at radius 2 is 1.80 bits per heavy atom. The van der Waals surface area contributed by atoms with Gasteiger partial charge >= 0.3 is 6.03 Å². The van der Waals surface area contributed by atoms with Gasteiger partial charge in [0.2, 0.25) is 5.91 Å². The predicted molar refractivity (Wildman–Crippen MR) is 95.1 cm³/mol. The van der Waals surface area contributed by atoms with E-state index in [1.165, 1.54) is 0 Å². The number of amides is 3. The fourth-order valence-corrected chi connectivity index (χ4v) is 5.04. The average molecular weight is 365 g/mol. The first-order valence-electron chi connectivity index (χ1n) is 8.46. The average Bonchev–Trinajstić information content (AvgIpc) is 2.94. The lowest BCUT2D eigenvalue weighted by molar-refractivity contribution is -0.136. The number of hydrogen-bond acceptors (Lipinski definition) is 4. The highest BCUT2D eigenvalue weighted by Gasteiger charge is 2.36. The molecule has 8 heteroatoms. The first-order valence-corrected chi connectivity index (χ1v) is 10.3. The number of benzene rings is 1. The van der Waals surface area contributed by atoms with Crippen LogP contribution in [0.25, 0.3) is 0 Å². The molecule has 136 valence electrons. The van der Waals surface area contributed by atoms with Crippen LogP contribution >= 0.6 is 0 Å².